The lowest BCUT2D eigenvalue weighted by molar-refractivity contribution is 0.403. The standard InChI is InChI=1S/C22H21N5O5S/c1-4-14-5-6-17(30-2)20(9-14)33(28,29)26-22-21-18(31-3)7-15(8-19(21)32-25-22)12-27-13-16(10-23)11-24-27/h1,5-9,11,13H,10,12,23H2,2-3H3,(H,25,26). The highest BCUT2D eigenvalue weighted by Gasteiger charge is 2.25. The van der Waals surface area contributed by atoms with E-state index in [1.807, 2.05) is 6.20 Å². The molecule has 0 radical (unpaired) electrons. The summed E-state index contributed by atoms with van der Waals surface area (Å²) >= 11 is 0. The van der Waals surface area contributed by atoms with Crippen LogP contribution in [0.15, 0.2) is 52.1 Å². The van der Waals surface area contributed by atoms with Crippen molar-refractivity contribution in [1.82, 2.24) is 14.9 Å². The Morgan fingerprint density at radius 1 is 1.18 bits per heavy atom. The Morgan fingerprint density at radius 2 is 1.97 bits per heavy atom. The SMILES string of the molecule is C#Cc1ccc(OC)c(S(=O)(=O)Nc2noc3cc(Cn4cc(CN)cn4)cc(OC)c23)c1. The first-order chi connectivity index (χ1) is 15.9. The van der Waals surface area contributed by atoms with Crippen LogP contribution in [-0.2, 0) is 23.1 Å². The molecular weight excluding hydrogens is 446 g/mol. The number of fused-ring (bicyclic) bond motifs is 1. The van der Waals surface area contributed by atoms with Gasteiger partial charge in [0.2, 0.25) is 0 Å². The van der Waals surface area contributed by atoms with Crippen LogP contribution in [0.5, 0.6) is 11.5 Å². The summed E-state index contributed by atoms with van der Waals surface area (Å²) in [6.07, 6.45) is 8.95. The highest BCUT2D eigenvalue weighted by Crippen LogP contribution is 2.36. The topological polar surface area (TPSA) is 134 Å². The molecular formula is C22H21N5O5S. The molecule has 0 aliphatic rings. The number of ether oxygens (including phenoxy) is 2. The van der Waals surface area contributed by atoms with E-state index in [0.717, 1.165) is 11.1 Å². The zero-order valence-electron chi connectivity index (χ0n) is 17.9. The number of nitrogens with one attached hydrogen (secondary N) is 1. The normalized spacial score (nSPS) is 11.3. The number of aromatic nitrogens is 3. The predicted molar refractivity (Wildman–Crippen MR) is 122 cm³/mol. The first kappa shape index (κ1) is 22.2. The van der Waals surface area contributed by atoms with Crippen LogP contribution in [0, 0.1) is 12.3 Å². The third kappa shape index (κ3) is 4.34. The molecule has 4 rings (SSSR count). The number of sulfonamides is 1. The van der Waals surface area contributed by atoms with Gasteiger partial charge in [0.1, 0.15) is 21.8 Å². The maximum atomic E-state index is 13.1. The molecule has 170 valence electrons. The Morgan fingerprint density at radius 3 is 2.64 bits per heavy atom. The van der Waals surface area contributed by atoms with Crippen LogP contribution in [-0.4, -0.2) is 37.6 Å². The number of hydrogen-bond donors (Lipinski definition) is 2. The molecule has 0 aliphatic heterocycles. The molecule has 0 bridgehead atoms. The molecule has 0 spiro atoms. The van der Waals surface area contributed by atoms with Crippen molar-refractivity contribution in [2.75, 3.05) is 18.9 Å². The van der Waals surface area contributed by atoms with Gasteiger partial charge in [0.15, 0.2) is 11.4 Å². The summed E-state index contributed by atoms with van der Waals surface area (Å²) in [7, 11) is -1.26. The van der Waals surface area contributed by atoms with Gasteiger partial charge in [0.25, 0.3) is 10.0 Å². The summed E-state index contributed by atoms with van der Waals surface area (Å²) in [5.74, 6) is 2.92. The van der Waals surface area contributed by atoms with Crippen LogP contribution < -0.4 is 19.9 Å². The predicted octanol–water partition coefficient (Wildman–Crippen LogP) is 2.33. The molecule has 2 aromatic heterocycles. The van der Waals surface area contributed by atoms with E-state index in [0.29, 0.717) is 35.4 Å². The van der Waals surface area contributed by atoms with Crippen molar-refractivity contribution in [3.05, 3.63) is 59.4 Å². The van der Waals surface area contributed by atoms with Crippen LogP contribution in [0.2, 0.25) is 0 Å². The minimum atomic E-state index is -4.11. The van der Waals surface area contributed by atoms with Gasteiger partial charge in [-0.3, -0.25) is 9.40 Å². The number of terminal acetylenes is 1. The number of nitrogens with zero attached hydrogens (tertiary/aromatic N) is 3. The van der Waals surface area contributed by atoms with E-state index in [1.165, 1.54) is 26.4 Å². The second-order valence-electron chi connectivity index (χ2n) is 7.07. The molecule has 0 saturated heterocycles. The molecule has 33 heavy (non-hydrogen) atoms. The fourth-order valence-corrected chi connectivity index (χ4v) is 4.56. The van der Waals surface area contributed by atoms with Gasteiger partial charge in [0.05, 0.1) is 27.0 Å². The third-order valence-electron chi connectivity index (χ3n) is 4.94. The minimum Gasteiger partial charge on any atom is -0.496 e. The van der Waals surface area contributed by atoms with Gasteiger partial charge < -0.3 is 19.7 Å². The highest BCUT2D eigenvalue weighted by molar-refractivity contribution is 7.92. The van der Waals surface area contributed by atoms with Gasteiger partial charge in [-0.2, -0.15) is 5.10 Å². The van der Waals surface area contributed by atoms with Gasteiger partial charge in [-0.25, -0.2) is 8.42 Å². The van der Waals surface area contributed by atoms with Crippen molar-refractivity contribution >= 4 is 26.8 Å². The van der Waals surface area contributed by atoms with Crippen LogP contribution in [0.1, 0.15) is 16.7 Å². The lowest BCUT2D eigenvalue weighted by Crippen LogP contribution is -2.15. The van der Waals surface area contributed by atoms with Crippen molar-refractivity contribution in [2.24, 2.45) is 5.73 Å². The molecule has 0 atom stereocenters. The Hall–Kier alpha value is -4.01. The largest absolute Gasteiger partial charge is 0.496 e. The molecule has 0 unspecified atom stereocenters. The lowest BCUT2D eigenvalue weighted by atomic mass is 10.1. The van der Waals surface area contributed by atoms with Gasteiger partial charge >= 0.3 is 0 Å². The molecule has 0 amide bonds. The molecule has 10 nitrogen and oxygen atoms in total. The fourth-order valence-electron chi connectivity index (χ4n) is 3.36. The maximum Gasteiger partial charge on any atom is 0.266 e. The number of anilines is 1. The van der Waals surface area contributed by atoms with Gasteiger partial charge in [-0.1, -0.05) is 11.1 Å². The quantitative estimate of drug-likeness (QED) is 0.377. The number of methoxy groups -OCH3 is 2. The summed E-state index contributed by atoms with van der Waals surface area (Å²) < 4.78 is 46.5. The summed E-state index contributed by atoms with van der Waals surface area (Å²) in [6, 6.07) is 7.93. The molecule has 0 aliphatic carbocycles. The van der Waals surface area contributed by atoms with E-state index >= 15 is 0 Å². The summed E-state index contributed by atoms with van der Waals surface area (Å²) in [4.78, 5) is -0.124. The monoisotopic (exact) mass is 467 g/mol. The molecule has 2 aromatic carbocycles. The van der Waals surface area contributed by atoms with Crippen molar-refractivity contribution in [2.45, 2.75) is 18.0 Å². The molecule has 3 N–H and O–H groups in total. The van der Waals surface area contributed by atoms with Crippen molar-refractivity contribution in [1.29, 1.82) is 0 Å². The average molecular weight is 468 g/mol. The number of nitrogens with two attached hydrogens (primary N) is 1. The smallest absolute Gasteiger partial charge is 0.266 e. The van der Waals surface area contributed by atoms with Gasteiger partial charge in [-0.15, -0.1) is 6.42 Å². The molecule has 2 heterocycles. The number of hydrogen-bond acceptors (Lipinski definition) is 8. The fraction of sp³-hybridized carbons (Fsp3) is 0.182. The van der Waals surface area contributed by atoms with Gasteiger partial charge in [0, 0.05) is 23.9 Å². The Bertz CT molecular complexity index is 1470. The van der Waals surface area contributed by atoms with Crippen molar-refractivity contribution in [3.63, 3.8) is 0 Å². The third-order valence-corrected chi connectivity index (χ3v) is 6.30. The zero-order valence-corrected chi connectivity index (χ0v) is 18.7. The molecule has 0 fully saturated rings. The van der Waals surface area contributed by atoms with E-state index in [-0.39, 0.29) is 16.5 Å². The highest BCUT2D eigenvalue weighted by atomic mass is 32.2. The number of benzene rings is 2. The van der Waals surface area contributed by atoms with E-state index in [2.05, 4.69) is 20.9 Å². The Labute approximate surface area is 190 Å². The minimum absolute atomic E-state index is 0.0222. The molecule has 0 saturated carbocycles. The van der Waals surface area contributed by atoms with E-state index in [9.17, 15) is 8.42 Å². The van der Waals surface area contributed by atoms with E-state index in [1.54, 1.807) is 29.1 Å². The van der Waals surface area contributed by atoms with Crippen LogP contribution in [0.25, 0.3) is 11.0 Å². The first-order valence-corrected chi connectivity index (χ1v) is 11.2. The summed E-state index contributed by atoms with van der Waals surface area (Å²) in [5, 5.41) is 8.56. The second-order valence-corrected chi connectivity index (χ2v) is 8.72. The lowest BCUT2D eigenvalue weighted by Gasteiger charge is -2.11. The number of rotatable bonds is 8. The Balaban J connectivity index is 1.71. The molecule has 4 aromatic rings. The van der Waals surface area contributed by atoms with E-state index in [4.69, 9.17) is 26.2 Å². The summed E-state index contributed by atoms with van der Waals surface area (Å²) in [6.45, 7) is 0.827. The van der Waals surface area contributed by atoms with Crippen molar-refractivity contribution in [3.8, 4) is 23.8 Å². The van der Waals surface area contributed by atoms with Crippen LogP contribution in [0.4, 0.5) is 5.82 Å². The van der Waals surface area contributed by atoms with Crippen LogP contribution >= 0.6 is 0 Å². The van der Waals surface area contributed by atoms with Gasteiger partial charge in [-0.05, 0) is 35.9 Å². The first-order valence-electron chi connectivity index (χ1n) is 9.73. The van der Waals surface area contributed by atoms with E-state index < -0.39 is 10.0 Å². The zero-order chi connectivity index (χ0) is 23.6. The Kier molecular flexibility index (Phi) is 5.95. The summed E-state index contributed by atoms with van der Waals surface area (Å²) in [5.41, 5.74) is 8.10. The maximum absolute atomic E-state index is 13.1. The average Bonchev–Trinajstić information content (AvgIpc) is 3.44. The molecule has 11 heteroatoms. The van der Waals surface area contributed by atoms with Crippen molar-refractivity contribution < 1.29 is 22.4 Å². The van der Waals surface area contributed by atoms with Crippen LogP contribution in [0.3, 0.4) is 0 Å². The second kappa shape index (κ2) is 8.85.